The van der Waals surface area contributed by atoms with Crippen molar-refractivity contribution in [2.75, 3.05) is 13.2 Å². The molecule has 0 spiro atoms. The SMILES string of the molecule is CC/C=C\C/C=C\C/C=C\C/C=C\C/C=C\C/C=C\CCC(=O)OC[C@H](COC(=O)CCCCCCCCCCCCCCCCCCC)OC(=O)CCCC/C=C\C/C=C\C/C=C\C/C=C\CC. The van der Waals surface area contributed by atoms with Crippen molar-refractivity contribution < 1.29 is 28.6 Å². The summed E-state index contributed by atoms with van der Waals surface area (Å²) in [7, 11) is 0. The second kappa shape index (κ2) is 56.4. The van der Waals surface area contributed by atoms with Crippen molar-refractivity contribution in [1.29, 1.82) is 0 Å². The molecule has 0 fully saturated rings. The van der Waals surface area contributed by atoms with E-state index in [2.05, 4.69) is 130 Å². The second-order valence-electron chi connectivity index (χ2n) is 18.1. The van der Waals surface area contributed by atoms with Crippen molar-refractivity contribution in [3.05, 3.63) is 122 Å². The Morgan fingerprint density at radius 2 is 0.594 bits per heavy atom. The van der Waals surface area contributed by atoms with Gasteiger partial charge in [-0.3, -0.25) is 14.4 Å². The number of allylic oxidation sites excluding steroid dienone is 20. The van der Waals surface area contributed by atoms with Crippen LogP contribution in [0.15, 0.2) is 122 Å². The smallest absolute Gasteiger partial charge is 0.306 e. The quantitative estimate of drug-likeness (QED) is 0.0262. The van der Waals surface area contributed by atoms with Gasteiger partial charge in [0.15, 0.2) is 6.10 Å². The molecule has 6 nitrogen and oxygen atoms in total. The number of rotatable bonds is 49. The summed E-state index contributed by atoms with van der Waals surface area (Å²) in [6, 6.07) is 0. The highest BCUT2D eigenvalue weighted by Crippen LogP contribution is 2.15. The van der Waals surface area contributed by atoms with E-state index in [9.17, 15) is 14.4 Å². The zero-order chi connectivity index (χ0) is 50.0. The fraction of sp³-hybridized carbons (Fsp3) is 0.635. The van der Waals surface area contributed by atoms with Crippen LogP contribution in [0.25, 0.3) is 0 Å². The van der Waals surface area contributed by atoms with Crippen molar-refractivity contribution in [1.82, 2.24) is 0 Å². The molecule has 0 aromatic heterocycles. The molecule has 0 aromatic carbocycles. The lowest BCUT2D eigenvalue weighted by Gasteiger charge is -2.18. The van der Waals surface area contributed by atoms with Crippen molar-refractivity contribution in [3.63, 3.8) is 0 Å². The first-order valence-electron chi connectivity index (χ1n) is 28.0. The Labute approximate surface area is 424 Å². The summed E-state index contributed by atoms with van der Waals surface area (Å²) in [5, 5.41) is 0. The van der Waals surface area contributed by atoms with Gasteiger partial charge in [-0.25, -0.2) is 0 Å². The van der Waals surface area contributed by atoms with Crippen LogP contribution in [-0.4, -0.2) is 37.2 Å². The van der Waals surface area contributed by atoms with Gasteiger partial charge >= 0.3 is 17.9 Å². The molecule has 0 radical (unpaired) electrons. The molecule has 0 bridgehead atoms. The molecule has 1 atom stereocenters. The summed E-state index contributed by atoms with van der Waals surface area (Å²) in [6.07, 6.45) is 77.7. The molecule has 0 amide bonds. The molecule has 0 unspecified atom stereocenters. The van der Waals surface area contributed by atoms with E-state index < -0.39 is 6.10 Å². The normalized spacial score (nSPS) is 13.0. The summed E-state index contributed by atoms with van der Waals surface area (Å²) >= 11 is 0. The number of unbranched alkanes of at least 4 members (excludes halogenated alkanes) is 18. The first kappa shape index (κ1) is 64.8. The topological polar surface area (TPSA) is 78.9 Å². The molecular weight excluding hydrogens is 853 g/mol. The molecule has 0 aliphatic rings. The zero-order valence-corrected chi connectivity index (χ0v) is 44.5. The van der Waals surface area contributed by atoms with Crippen LogP contribution in [0.5, 0.6) is 0 Å². The Bertz CT molecular complexity index is 1470. The van der Waals surface area contributed by atoms with Crippen molar-refractivity contribution >= 4 is 17.9 Å². The van der Waals surface area contributed by atoms with E-state index in [4.69, 9.17) is 14.2 Å². The lowest BCUT2D eigenvalue weighted by Crippen LogP contribution is -2.30. The number of esters is 3. The maximum absolute atomic E-state index is 12.8. The van der Waals surface area contributed by atoms with E-state index >= 15 is 0 Å². The number of hydrogen-bond acceptors (Lipinski definition) is 6. The third-order valence-corrected chi connectivity index (χ3v) is 11.5. The van der Waals surface area contributed by atoms with Crippen molar-refractivity contribution in [2.24, 2.45) is 0 Å². The highest BCUT2D eigenvalue weighted by atomic mass is 16.6. The van der Waals surface area contributed by atoms with Crippen LogP contribution in [0.1, 0.15) is 239 Å². The first-order valence-corrected chi connectivity index (χ1v) is 28.0. The van der Waals surface area contributed by atoms with Gasteiger partial charge in [-0.2, -0.15) is 0 Å². The molecule has 390 valence electrons. The average Bonchev–Trinajstić information content (AvgIpc) is 3.35. The molecule has 0 rings (SSSR count). The standard InChI is InChI=1S/C63H102O6/c1-4-7-10-13-16-19-22-25-28-30-31-33-36-38-41-44-47-50-53-56-62(65)68-59-60(69-63(66)57-54-51-48-45-42-39-34-27-24-21-18-15-12-9-6-3)58-67-61(64)55-52-49-46-43-40-37-35-32-29-26-23-20-17-14-11-8-5-2/h7,9-10,12,16,18-19,21,25,27-28,31,33-34,38,41-42,45,47,50,60H,4-6,8,11,13-15,17,20,22-24,26,29-30,32,35-37,39-40,43-44,46,48-49,51-59H2,1-3H3/b10-7-,12-9-,19-16-,21-18-,28-25-,33-31-,34-27-,41-38-,45-42-,50-47-/t60-/m0/s1. The summed E-state index contributed by atoms with van der Waals surface area (Å²) in [6.45, 7) is 6.31. The van der Waals surface area contributed by atoms with Gasteiger partial charge in [0.1, 0.15) is 13.2 Å². The van der Waals surface area contributed by atoms with Crippen LogP contribution in [-0.2, 0) is 28.6 Å². The average molecular weight is 956 g/mol. The van der Waals surface area contributed by atoms with Crippen LogP contribution < -0.4 is 0 Å². The van der Waals surface area contributed by atoms with E-state index in [1.165, 1.54) is 89.9 Å². The molecule has 0 aliphatic carbocycles. The molecular formula is C63H102O6. The van der Waals surface area contributed by atoms with E-state index in [1.54, 1.807) is 0 Å². The van der Waals surface area contributed by atoms with E-state index in [-0.39, 0.29) is 44.0 Å². The summed E-state index contributed by atoms with van der Waals surface area (Å²) < 4.78 is 16.7. The van der Waals surface area contributed by atoms with Crippen LogP contribution in [0.4, 0.5) is 0 Å². The number of hydrogen-bond donors (Lipinski definition) is 0. The third-order valence-electron chi connectivity index (χ3n) is 11.5. The van der Waals surface area contributed by atoms with E-state index in [0.717, 1.165) is 96.3 Å². The Balaban J connectivity index is 4.55. The maximum atomic E-state index is 12.8. The summed E-state index contributed by atoms with van der Waals surface area (Å²) in [4.78, 5) is 38.1. The lowest BCUT2D eigenvalue weighted by atomic mass is 10.0. The van der Waals surface area contributed by atoms with Gasteiger partial charge in [-0.05, 0) is 96.3 Å². The molecule has 0 aliphatic heterocycles. The largest absolute Gasteiger partial charge is 0.462 e. The van der Waals surface area contributed by atoms with Crippen molar-refractivity contribution in [3.8, 4) is 0 Å². The molecule has 0 aromatic rings. The van der Waals surface area contributed by atoms with Crippen LogP contribution in [0.3, 0.4) is 0 Å². The monoisotopic (exact) mass is 955 g/mol. The fourth-order valence-electron chi connectivity index (χ4n) is 7.34. The number of carbonyl (C=O) groups excluding carboxylic acids is 3. The van der Waals surface area contributed by atoms with Crippen LogP contribution in [0.2, 0.25) is 0 Å². The molecule has 0 saturated heterocycles. The van der Waals surface area contributed by atoms with Crippen LogP contribution in [0, 0.1) is 0 Å². The van der Waals surface area contributed by atoms with Gasteiger partial charge in [0.2, 0.25) is 0 Å². The van der Waals surface area contributed by atoms with Gasteiger partial charge < -0.3 is 14.2 Å². The number of ether oxygens (including phenoxy) is 3. The lowest BCUT2D eigenvalue weighted by molar-refractivity contribution is -0.166. The van der Waals surface area contributed by atoms with Crippen molar-refractivity contribution in [2.45, 2.75) is 245 Å². The summed E-state index contributed by atoms with van der Waals surface area (Å²) in [5.41, 5.74) is 0. The first-order chi connectivity index (χ1) is 34.0. The van der Waals surface area contributed by atoms with Crippen LogP contribution >= 0.6 is 0 Å². The van der Waals surface area contributed by atoms with Gasteiger partial charge in [-0.1, -0.05) is 245 Å². The highest BCUT2D eigenvalue weighted by Gasteiger charge is 2.19. The van der Waals surface area contributed by atoms with Gasteiger partial charge in [0.05, 0.1) is 0 Å². The Morgan fingerprint density at radius 1 is 0.304 bits per heavy atom. The highest BCUT2D eigenvalue weighted by molar-refractivity contribution is 5.71. The minimum Gasteiger partial charge on any atom is -0.462 e. The minimum absolute atomic E-state index is 0.119. The molecule has 0 saturated carbocycles. The Hall–Kier alpha value is -4.19. The number of carbonyl (C=O) groups is 3. The Morgan fingerprint density at radius 3 is 0.971 bits per heavy atom. The third kappa shape index (κ3) is 54.6. The fourth-order valence-corrected chi connectivity index (χ4v) is 7.34. The summed E-state index contributed by atoms with van der Waals surface area (Å²) in [5.74, 6) is -1.05. The molecule has 6 heteroatoms. The maximum Gasteiger partial charge on any atom is 0.306 e. The molecule has 69 heavy (non-hydrogen) atoms. The molecule has 0 heterocycles. The van der Waals surface area contributed by atoms with Gasteiger partial charge in [0.25, 0.3) is 0 Å². The predicted molar refractivity (Wildman–Crippen MR) is 297 cm³/mol. The second-order valence-corrected chi connectivity index (χ2v) is 18.1. The van der Waals surface area contributed by atoms with Gasteiger partial charge in [0, 0.05) is 19.3 Å². The molecule has 0 N–H and O–H groups in total. The van der Waals surface area contributed by atoms with E-state index in [0.29, 0.717) is 19.3 Å². The minimum atomic E-state index is -0.832. The predicted octanol–water partition coefficient (Wildman–Crippen LogP) is 18.9. The van der Waals surface area contributed by atoms with E-state index in [1.807, 2.05) is 12.2 Å². The van der Waals surface area contributed by atoms with Gasteiger partial charge in [-0.15, -0.1) is 0 Å². The zero-order valence-electron chi connectivity index (χ0n) is 44.5. The Kier molecular flexibility index (Phi) is 53.0.